The van der Waals surface area contributed by atoms with Gasteiger partial charge in [0.1, 0.15) is 0 Å². The molecule has 0 unspecified atom stereocenters. The summed E-state index contributed by atoms with van der Waals surface area (Å²) >= 11 is 0. The lowest BCUT2D eigenvalue weighted by Crippen LogP contribution is -2.22. The highest BCUT2D eigenvalue weighted by molar-refractivity contribution is 5.31. The summed E-state index contributed by atoms with van der Waals surface area (Å²) in [5.41, 5.74) is 1.70. The maximum absolute atomic E-state index is 8.83. The summed E-state index contributed by atoms with van der Waals surface area (Å²) in [6.07, 6.45) is 0. The first-order chi connectivity index (χ1) is 10.3. The van der Waals surface area contributed by atoms with E-state index in [1.54, 1.807) is 0 Å². The van der Waals surface area contributed by atoms with E-state index < -0.39 is 0 Å². The Morgan fingerprint density at radius 1 is 1.27 bits per heavy atom. The quantitative estimate of drug-likeness (QED) is 0.865. The first-order valence-electron chi connectivity index (χ1n) is 7.34. The van der Waals surface area contributed by atoms with Gasteiger partial charge in [0.25, 0.3) is 0 Å². The zero-order valence-corrected chi connectivity index (χ0v) is 13.8. The van der Waals surface area contributed by atoms with Crippen molar-refractivity contribution in [1.29, 1.82) is 5.26 Å². The molecule has 2 aromatic rings. The van der Waals surface area contributed by atoms with Crippen LogP contribution in [0.4, 0.5) is 0 Å². The first kappa shape index (κ1) is 16.2. The maximum atomic E-state index is 8.83. The minimum atomic E-state index is -0.118. The van der Waals surface area contributed by atoms with Gasteiger partial charge in [0.05, 0.1) is 17.7 Å². The van der Waals surface area contributed by atoms with Gasteiger partial charge < -0.3 is 4.52 Å². The van der Waals surface area contributed by atoms with Crippen molar-refractivity contribution in [3.05, 3.63) is 47.1 Å². The van der Waals surface area contributed by atoms with E-state index in [0.29, 0.717) is 11.5 Å². The fourth-order valence-electron chi connectivity index (χ4n) is 2.01. The van der Waals surface area contributed by atoms with Crippen LogP contribution in [0, 0.1) is 11.3 Å². The molecule has 1 heterocycles. The molecule has 0 amide bonds. The SMILES string of the molecule is C[C@H](c1nc(C(C)(C)C)no1)N(C)Cc1ccc(C#N)cc1. The van der Waals surface area contributed by atoms with Crippen LogP contribution in [-0.2, 0) is 12.0 Å². The van der Waals surface area contributed by atoms with Crippen LogP contribution >= 0.6 is 0 Å². The smallest absolute Gasteiger partial charge is 0.243 e. The minimum Gasteiger partial charge on any atom is -0.338 e. The Hall–Kier alpha value is -2.19. The standard InChI is InChI=1S/C17H22N4O/c1-12(15-19-16(20-22-15)17(2,3)4)21(5)11-14-8-6-13(10-18)7-9-14/h6-9,12H,11H2,1-5H3/t12-/m1/s1. The number of nitriles is 1. The fourth-order valence-corrected chi connectivity index (χ4v) is 2.01. The van der Waals surface area contributed by atoms with E-state index in [-0.39, 0.29) is 11.5 Å². The zero-order chi connectivity index (χ0) is 16.3. The molecule has 1 aromatic carbocycles. The van der Waals surface area contributed by atoms with Gasteiger partial charge in [-0.25, -0.2) is 0 Å². The van der Waals surface area contributed by atoms with Gasteiger partial charge in [0.15, 0.2) is 5.82 Å². The number of hydrogen-bond donors (Lipinski definition) is 0. The van der Waals surface area contributed by atoms with Crippen molar-refractivity contribution in [3.8, 4) is 6.07 Å². The van der Waals surface area contributed by atoms with Crippen molar-refractivity contribution in [2.45, 2.75) is 45.7 Å². The molecule has 22 heavy (non-hydrogen) atoms. The van der Waals surface area contributed by atoms with Gasteiger partial charge in [-0.05, 0) is 31.7 Å². The third kappa shape index (κ3) is 3.71. The van der Waals surface area contributed by atoms with Crippen LogP contribution in [0.15, 0.2) is 28.8 Å². The number of hydrogen-bond acceptors (Lipinski definition) is 5. The molecule has 1 aromatic heterocycles. The lowest BCUT2D eigenvalue weighted by molar-refractivity contribution is 0.202. The first-order valence-corrected chi connectivity index (χ1v) is 7.34. The second kappa shape index (κ2) is 6.29. The second-order valence-electron chi connectivity index (χ2n) is 6.61. The van der Waals surface area contributed by atoms with Gasteiger partial charge in [-0.15, -0.1) is 0 Å². The van der Waals surface area contributed by atoms with Crippen LogP contribution in [0.1, 0.15) is 56.6 Å². The molecule has 0 bridgehead atoms. The van der Waals surface area contributed by atoms with Crippen LogP contribution in [0.5, 0.6) is 0 Å². The van der Waals surface area contributed by atoms with Crippen molar-refractivity contribution >= 4 is 0 Å². The Morgan fingerprint density at radius 3 is 2.41 bits per heavy atom. The molecule has 1 atom stereocenters. The molecule has 0 radical (unpaired) electrons. The molecule has 116 valence electrons. The van der Waals surface area contributed by atoms with Gasteiger partial charge in [0.2, 0.25) is 5.89 Å². The molecule has 5 nitrogen and oxygen atoms in total. The predicted octanol–water partition coefficient (Wildman–Crippen LogP) is 3.43. The monoisotopic (exact) mass is 298 g/mol. The minimum absolute atomic E-state index is 0.0271. The number of benzene rings is 1. The highest BCUT2D eigenvalue weighted by atomic mass is 16.5. The lowest BCUT2D eigenvalue weighted by Gasteiger charge is -2.21. The van der Waals surface area contributed by atoms with Crippen LogP contribution < -0.4 is 0 Å². The zero-order valence-electron chi connectivity index (χ0n) is 13.8. The van der Waals surface area contributed by atoms with Crippen LogP contribution in [-0.4, -0.2) is 22.1 Å². The molecule has 5 heteroatoms. The van der Waals surface area contributed by atoms with Crippen molar-refractivity contribution in [2.24, 2.45) is 0 Å². The molecule has 0 aliphatic rings. The Bertz CT molecular complexity index is 661. The molecule has 2 rings (SSSR count). The van der Waals surface area contributed by atoms with Crippen molar-refractivity contribution in [2.75, 3.05) is 7.05 Å². The third-order valence-corrected chi connectivity index (χ3v) is 3.65. The Morgan fingerprint density at radius 2 is 1.91 bits per heavy atom. The predicted molar refractivity (Wildman–Crippen MR) is 84.0 cm³/mol. The number of nitrogens with zero attached hydrogens (tertiary/aromatic N) is 4. The van der Waals surface area contributed by atoms with Gasteiger partial charge in [-0.1, -0.05) is 38.1 Å². The van der Waals surface area contributed by atoms with Crippen molar-refractivity contribution < 1.29 is 4.52 Å². The average molecular weight is 298 g/mol. The van der Waals surface area contributed by atoms with E-state index in [4.69, 9.17) is 9.78 Å². The second-order valence-corrected chi connectivity index (χ2v) is 6.61. The molecule has 0 saturated carbocycles. The van der Waals surface area contributed by atoms with Gasteiger partial charge >= 0.3 is 0 Å². The van der Waals surface area contributed by atoms with Gasteiger partial charge in [-0.3, -0.25) is 4.90 Å². The van der Waals surface area contributed by atoms with Crippen molar-refractivity contribution in [3.63, 3.8) is 0 Å². The number of aromatic nitrogens is 2. The Labute approximate surface area is 131 Å². The summed E-state index contributed by atoms with van der Waals surface area (Å²) in [5.74, 6) is 1.35. The summed E-state index contributed by atoms with van der Waals surface area (Å²) < 4.78 is 5.40. The Kier molecular flexibility index (Phi) is 4.62. The summed E-state index contributed by atoms with van der Waals surface area (Å²) in [7, 11) is 2.02. The molecule has 0 fully saturated rings. The lowest BCUT2D eigenvalue weighted by atomic mass is 9.96. The van der Waals surface area contributed by atoms with Crippen LogP contribution in [0.2, 0.25) is 0 Å². The third-order valence-electron chi connectivity index (χ3n) is 3.65. The van der Waals surface area contributed by atoms with E-state index >= 15 is 0 Å². The van der Waals surface area contributed by atoms with E-state index in [0.717, 1.165) is 17.9 Å². The molecule has 0 aliphatic heterocycles. The topological polar surface area (TPSA) is 66.0 Å². The van der Waals surface area contributed by atoms with Crippen LogP contribution in [0.25, 0.3) is 0 Å². The highest BCUT2D eigenvalue weighted by Gasteiger charge is 2.24. The van der Waals surface area contributed by atoms with Gasteiger partial charge in [0, 0.05) is 12.0 Å². The van der Waals surface area contributed by atoms with E-state index in [9.17, 15) is 0 Å². The summed E-state index contributed by atoms with van der Waals surface area (Å²) in [6.45, 7) is 8.98. The molecule has 0 spiro atoms. The van der Waals surface area contributed by atoms with E-state index in [2.05, 4.69) is 41.9 Å². The normalized spacial score (nSPS) is 13.1. The molecular formula is C17H22N4O. The average Bonchev–Trinajstić information content (AvgIpc) is 2.97. The highest BCUT2D eigenvalue weighted by Crippen LogP contribution is 2.24. The summed E-state index contributed by atoms with van der Waals surface area (Å²) in [4.78, 5) is 6.65. The van der Waals surface area contributed by atoms with Crippen LogP contribution in [0.3, 0.4) is 0 Å². The number of rotatable bonds is 4. The van der Waals surface area contributed by atoms with Crippen molar-refractivity contribution in [1.82, 2.24) is 15.0 Å². The van der Waals surface area contributed by atoms with Gasteiger partial charge in [-0.2, -0.15) is 10.2 Å². The molecule has 0 N–H and O–H groups in total. The molecular weight excluding hydrogens is 276 g/mol. The largest absolute Gasteiger partial charge is 0.338 e. The Balaban J connectivity index is 2.06. The van der Waals surface area contributed by atoms with E-state index in [1.807, 2.05) is 38.2 Å². The molecule has 0 aliphatic carbocycles. The van der Waals surface area contributed by atoms with E-state index in [1.165, 1.54) is 0 Å². The maximum Gasteiger partial charge on any atom is 0.243 e. The summed E-state index contributed by atoms with van der Waals surface area (Å²) in [5, 5.41) is 12.9. The molecule has 0 saturated heterocycles. The fraction of sp³-hybridized carbons (Fsp3) is 0.471. The summed E-state index contributed by atoms with van der Waals surface area (Å²) in [6, 6.07) is 9.75.